The lowest BCUT2D eigenvalue weighted by Crippen LogP contribution is -2.37. The van der Waals surface area contributed by atoms with Gasteiger partial charge in [0, 0.05) is 24.7 Å². The van der Waals surface area contributed by atoms with Crippen LogP contribution in [0.5, 0.6) is 0 Å². The third kappa shape index (κ3) is 6.38. The second-order valence-electron chi connectivity index (χ2n) is 7.61. The lowest BCUT2D eigenvalue weighted by Gasteiger charge is -2.30. The van der Waals surface area contributed by atoms with E-state index in [-0.39, 0.29) is 12.5 Å². The molecule has 2 N–H and O–H groups in total. The molecule has 0 aliphatic carbocycles. The van der Waals surface area contributed by atoms with Crippen LogP contribution in [0.3, 0.4) is 0 Å². The second-order valence-corrected chi connectivity index (χ2v) is 8.05. The minimum absolute atomic E-state index is 0.0308. The highest BCUT2D eigenvalue weighted by molar-refractivity contribution is 6.31. The fourth-order valence-electron chi connectivity index (χ4n) is 3.38. The van der Waals surface area contributed by atoms with Gasteiger partial charge in [-0.25, -0.2) is 0 Å². The average molecular weight is 416 g/mol. The predicted octanol–water partition coefficient (Wildman–Crippen LogP) is 4.07. The number of rotatable bonds is 8. The van der Waals surface area contributed by atoms with Crippen molar-refractivity contribution in [3.63, 3.8) is 0 Å². The number of hydrogen-bond acceptors (Lipinski definition) is 4. The molecule has 0 unspecified atom stereocenters. The summed E-state index contributed by atoms with van der Waals surface area (Å²) < 4.78 is 5.43. The van der Waals surface area contributed by atoms with E-state index < -0.39 is 0 Å². The van der Waals surface area contributed by atoms with E-state index in [0.717, 1.165) is 30.9 Å². The first-order valence-electron chi connectivity index (χ1n) is 10.2. The molecule has 1 heterocycles. The average Bonchev–Trinajstić information content (AvgIpc) is 2.73. The molecule has 0 spiro atoms. The normalized spacial score (nSPS) is 14.1. The quantitative estimate of drug-likeness (QED) is 0.682. The summed E-state index contributed by atoms with van der Waals surface area (Å²) in [6.07, 6.45) is 0.820. The molecule has 0 atom stereocenters. The number of halogens is 1. The van der Waals surface area contributed by atoms with Gasteiger partial charge in [-0.15, -0.1) is 0 Å². The van der Waals surface area contributed by atoms with Gasteiger partial charge in [0.15, 0.2) is 0 Å². The number of anilines is 2. The molecule has 0 aromatic heterocycles. The van der Waals surface area contributed by atoms with Gasteiger partial charge in [0.05, 0.1) is 31.1 Å². The van der Waals surface area contributed by atoms with Crippen LogP contribution in [-0.4, -0.2) is 45.3 Å². The van der Waals surface area contributed by atoms with Crippen LogP contribution in [-0.2, 0) is 16.0 Å². The largest absolute Gasteiger partial charge is 0.378 e. The van der Waals surface area contributed by atoms with E-state index in [1.807, 2.05) is 18.2 Å². The first-order valence-corrected chi connectivity index (χ1v) is 10.6. The number of carbonyl (C=O) groups is 1. The molecule has 0 bridgehead atoms. The van der Waals surface area contributed by atoms with E-state index >= 15 is 0 Å². The highest BCUT2D eigenvalue weighted by Gasteiger charge is 2.15. The molecule has 2 aromatic rings. The van der Waals surface area contributed by atoms with Gasteiger partial charge >= 0.3 is 0 Å². The zero-order valence-corrected chi connectivity index (χ0v) is 18.0. The van der Waals surface area contributed by atoms with Gasteiger partial charge in [-0.1, -0.05) is 49.7 Å². The first kappa shape index (κ1) is 21.5. The van der Waals surface area contributed by atoms with E-state index in [2.05, 4.69) is 53.6 Å². The summed E-state index contributed by atoms with van der Waals surface area (Å²) in [5.41, 5.74) is 4.49. The Morgan fingerprint density at radius 2 is 1.86 bits per heavy atom. The standard InChI is InChI=1S/C23H30ClN3O2/c1-17(2)19-5-3-18(4-6-19)9-10-25-23(28)16-26-21-15-20(24)7-8-22(21)27-11-13-29-14-12-27/h3-8,15,17,26H,9-14,16H2,1-2H3,(H,25,28). The molecular weight excluding hydrogens is 386 g/mol. The van der Waals surface area contributed by atoms with Crippen LogP contribution in [0.1, 0.15) is 30.9 Å². The van der Waals surface area contributed by atoms with Gasteiger partial charge in [0.1, 0.15) is 0 Å². The monoisotopic (exact) mass is 415 g/mol. The van der Waals surface area contributed by atoms with E-state index in [4.69, 9.17) is 16.3 Å². The van der Waals surface area contributed by atoms with Crippen LogP contribution in [0.15, 0.2) is 42.5 Å². The van der Waals surface area contributed by atoms with Crippen molar-refractivity contribution in [3.05, 3.63) is 58.6 Å². The highest BCUT2D eigenvalue weighted by atomic mass is 35.5. The summed E-state index contributed by atoms with van der Waals surface area (Å²) in [6.45, 7) is 8.29. The predicted molar refractivity (Wildman–Crippen MR) is 120 cm³/mol. The van der Waals surface area contributed by atoms with Crippen molar-refractivity contribution in [1.29, 1.82) is 0 Å². The molecule has 29 heavy (non-hydrogen) atoms. The maximum Gasteiger partial charge on any atom is 0.239 e. The van der Waals surface area contributed by atoms with E-state index in [1.165, 1.54) is 11.1 Å². The molecule has 1 aliphatic heterocycles. The molecule has 156 valence electrons. The molecule has 0 radical (unpaired) electrons. The van der Waals surface area contributed by atoms with Gasteiger partial charge in [-0.05, 0) is 41.7 Å². The molecule has 3 rings (SSSR count). The smallest absolute Gasteiger partial charge is 0.239 e. The Bertz CT molecular complexity index is 802. The van der Waals surface area contributed by atoms with Crippen LogP contribution in [0.2, 0.25) is 5.02 Å². The Balaban J connectivity index is 1.48. The van der Waals surface area contributed by atoms with E-state index in [0.29, 0.717) is 30.7 Å². The van der Waals surface area contributed by atoms with Gasteiger partial charge in [-0.3, -0.25) is 4.79 Å². The number of amides is 1. The fourth-order valence-corrected chi connectivity index (χ4v) is 3.56. The lowest BCUT2D eigenvalue weighted by atomic mass is 10.0. The van der Waals surface area contributed by atoms with E-state index in [1.54, 1.807) is 0 Å². The van der Waals surface area contributed by atoms with Crippen molar-refractivity contribution in [2.75, 3.05) is 49.6 Å². The van der Waals surface area contributed by atoms with Crippen molar-refractivity contribution in [1.82, 2.24) is 5.32 Å². The minimum atomic E-state index is -0.0308. The highest BCUT2D eigenvalue weighted by Crippen LogP contribution is 2.29. The van der Waals surface area contributed by atoms with Gasteiger partial charge in [0.2, 0.25) is 5.91 Å². The van der Waals surface area contributed by atoms with Crippen molar-refractivity contribution in [2.24, 2.45) is 0 Å². The molecule has 5 nitrogen and oxygen atoms in total. The zero-order chi connectivity index (χ0) is 20.6. The Kier molecular flexibility index (Phi) is 7.78. The molecule has 2 aromatic carbocycles. The maximum atomic E-state index is 12.3. The third-order valence-corrected chi connectivity index (χ3v) is 5.37. The van der Waals surface area contributed by atoms with Gasteiger partial charge in [0.25, 0.3) is 0 Å². The first-order chi connectivity index (χ1) is 14.0. The van der Waals surface area contributed by atoms with Crippen LogP contribution < -0.4 is 15.5 Å². The van der Waals surface area contributed by atoms with Crippen molar-refractivity contribution < 1.29 is 9.53 Å². The minimum Gasteiger partial charge on any atom is -0.378 e. The Labute approximate surface area is 178 Å². The number of nitrogens with zero attached hydrogens (tertiary/aromatic N) is 1. The number of nitrogens with one attached hydrogen (secondary N) is 2. The number of morpholine rings is 1. The third-order valence-electron chi connectivity index (χ3n) is 5.13. The van der Waals surface area contributed by atoms with Crippen LogP contribution in [0.25, 0.3) is 0 Å². The topological polar surface area (TPSA) is 53.6 Å². The number of ether oxygens (including phenoxy) is 1. The summed E-state index contributed by atoms with van der Waals surface area (Å²) in [7, 11) is 0. The lowest BCUT2D eigenvalue weighted by molar-refractivity contribution is -0.119. The summed E-state index contributed by atoms with van der Waals surface area (Å²) in [4.78, 5) is 14.5. The van der Waals surface area contributed by atoms with Crippen molar-refractivity contribution in [3.8, 4) is 0 Å². The van der Waals surface area contributed by atoms with Crippen molar-refractivity contribution in [2.45, 2.75) is 26.2 Å². The Hall–Kier alpha value is -2.24. The summed E-state index contributed by atoms with van der Waals surface area (Å²) >= 11 is 6.17. The van der Waals surface area contributed by atoms with Crippen LogP contribution in [0, 0.1) is 0 Å². The second kappa shape index (κ2) is 10.5. The molecular formula is C23H30ClN3O2. The molecule has 1 amide bonds. The Morgan fingerprint density at radius 3 is 2.55 bits per heavy atom. The molecule has 0 saturated carbocycles. The SMILES string of the molecule is CC(C)c1ccc(CCNC(=O)CNc2cc(Cl)ccc2N2CCOCC2)cc1. The van der Waals surface area contributed by atoms with Gasteiger partial charge in [-0.2, -0.15) is 0 Å². The molecule has 1 fully saturated rings. The number of benzene rings is 2. The van der Waals surface area contributed by atoms with E-state index in [9.17, 15) is 4.79 Å². The summed E-state index contributed by atoms with van der Waals surface area (Å²) in [5.74, 6) is 0.500. The summed E-state index contributed by atoms with van der Waals surface area (Å²) in [6, 6.07) is 14.3. The molecule has 6 heteroatoms. The molecule has 1 aliphatic rings. The zero-order valence-electron chi connectivity index (χ0n) is 17.2. The van der Waals surface area contributed by atoms with Crippen molar-refractivity contribution >= 4 is 28.9 Å². The van der Waals surface area contributed by atoms with Crippen LogP contribution >= 0.6 is 11.6 Å². The maximum absolute atomic E-state index is 12.3. The van der Waals surface area contributed by atoms with Gasteiger partial charge < -0.3 is 20.3 Å². The van der Waals surface area contributed by atoms with Crippen LogP contribution in [0.4, 0.5) is 11.4 Å². The Morgan fingerprint density at radius 1 is 1.14 bits per heavy atom. The number of carbonyl (C=O) groups excluding carboxylic acids is 1. The number of hydrogen-bond donors (Lipinski definition) is 2. The summed E-state index contributed by atoms with van der Waals surface area (Å²) in [5, 5.41) is 6.87. The molecule has 1 saturated heterocycles. The fraction of sp³-hybridized carbons (Fsp3) is 0.435.